The molecule has 1 aromatic carbocycles. The van der Waals surface area contributed by atoms with E-state index in [-0.39, 0.29) is 0 Å². The van der Waals surface area contributed by atoms with Crippen molar-refractivity contribution in [3.8, 4) is 0 Å². The average Bonchev–Trinajstić information content (AvgIpc) is 2.32. The van der Waals surface area contributed by atoms with Crippen molar-refractivity contribution in [3.05, 3.63) is 33.4 Å². The molecule has 0 saturated carbocycles. The molecule has 0 saturated heterocycles. The van der Waals surface area contributed by atoms with E-state index in [2.05, 4.69) is 11.9 Å². The number of nitrogens with one attached hydrogen (secondary N) is 1. The normalized spacial score (nSPS) is 11.1. The first-order valence-corrected chi connectivity index (χ1v) is 4.79. The summed E-state index contributed by atoms with van der Waals surface area (Å²) in [4.78, 5) is 3.25. The van der Waals surface area contributed by atoms with Crippen molar-refractivity contribution >= 4 is 34.1 Å². The van der Waals surface area contributed by atoms with Crippen LogP contribution in [0.25, 0.3) is 10.9 Å². The number of rotatable bonds is 0. The number of hydrogen-bond acceptors (Lipinski definition) is 0. The minimum Gasteiger partial charge on any atom is -0.358 e. The maximum atomic E-state index is 5.92. The number of aryl methyl sites for hydroxylation is 2. The average molecular weight is 214 g/mol. The standard InChI is InChI=1S/C10H9Cl2N/c1-5-6(2)13-10-4-9(12)8(11)3-7(5)10/h3-4,13H,1-2H3. The van der Waals surface area contributed by atoms with Gasteiger partial charge in [0.2, 0.25) is 0 Å². The number of H-pyrrole nitrogens is 1. The van der Waals surface area contributed by atoms with Gasteiger partial charge in [-0.3, -0.25) is 0 Å². The number of aromatic nitrogens is 1. The predicted molar refractivity (Wildman–Crippen MR) is 57.8 cm³/mol. The summed E-state index contributed by atoms with van der Waals surface area (Å²) in [5.41, 5.74) is 3.44. The Bertz CT molecular complexity index is 471. The van der Waals surface area contributed by atoms with Gasteiger partial charge in [0.25, 0.3) is 0 Å². The lowest BCUT2D eigenvalue weighted by atomic mass is 10.1. The highest BCUT2D eigenvalue weighted by molar-refractivity contribution is 6.42. The summed E-state index contributed by atoms with van der Waals surface area (Å²) in [6, 6.07) is 3.76. The van der Waals surface area contributed by atoms with Crippen molar-refractivity contribution in [2.75, 3.05) is 0 Å². The highest BCUT2D eigenvalue weighted by Crippen LogP contribution is 2.30. The lowest BCUT2D eigenvalue weighted by Gasteiger charge is -1.96. The lowest BCUT2D eigenvalue weighted by molar-refractivity contribution is 1.25. The number of aromatic amines is 1. The monoisotopic (exact) mass is 213 g/mol. The summed E-state index contributed by atoms with van der Waals surface area (Å²) < 4.78 is 0. The van der Waals surface area contributed by atoms with Crippen LogP contribution in [0.15, 0.2) is 12.1 Å². The molecule has 0 fully saturated rings. The van der Waals surface area contributed by atoms with Crippen LogP contribution in [-0.4, -0.2) is 4.98 Å². The Morgan fingerprint density at radius 1 is 1.08 bits per heavy atom. The van der Waals surface area contributed by atoms with Crippen molar-refractivity contribution in [3.63, 3.8) is 0 Å². The Kier molecular flexibility index (Phi) is 2.01. The van der Waals surface area contributed by atoms with Gasteiger partial charge in [-0.1, -0.05) is 23.2 Å². The van der Waals surface area contributed by atoms with Crippen LogP contribution in [0, 0.1) is 13.8 Å². The van der Waals surface area contributed by atoms with Gasteiger partial charge >= 0.3 is 0 Å². The third-order valence-electron chi connectivity index (χ3n) is 2.35. The van der Waals surface area contributed by atoms with Gasteiger partial charge in [0.15, 0.2) is 0 Å². The van der Waals surface area contributed by atoms with Crippen LogP contribution in [0.3, 0.4) is 0 Å². The van der Waals surface area contributed by atoms with Crippen molar-refractivity contribution in [1.29, 1.82) is 0 Å². The van der Waals surface area contributed by atoms with Gasteiger partial charge in [0, 0.05) is 16.6 Å². The molecule has 3 heteroatoms. The van der Waals surface area contributed by atoms with E-state index in [1.165, 1.54) is 5.56 Å². The molecule has 1 N–H and O–H groups in total. The fourth-order valence-corrected chi connectivity index (χ4v) is 1.79. The zero-order valence-electron chi connectivity index (χ0n) is 7.41. The highest BCUT2D eigenvalue weighted by atomic mass is 35.5. The number of benzene rings is 1. The van der Waals surface area contributed by atoms with Crippen molar-refractivity contribution < 1.29 is 0 Å². The van der Waals surface area contributed by atoms with Gasteiger partial charge < -0.3 is 4.98 Å². The third kappa shape index (κ3) is 1.32. The van der Waals surface area contributed by atoms with Gasteiger partial charge in [-0.2, -0.15) is 0 Å². The maximum Gasteiger partial charge on any atom is 0.0613 e. The van der Waals surface area contributed by atoms with Crippen molar-refractivity contribution in [2.45, 2.75) is 13.8 Å². The number of halogens is 2. The third-order valence-corrected chi connectivity index (χ3v) is 3.07. The smallest absolute Gasteiger partial charge is 0.0613 e. The number of fused-ring (bicyclic) bond motifs is 1. The maximum absolute atomic E-state index is 5.92. The van der Waals surface area contributed by atoms with E-state index in [0.29, 0.717) is 10.0 Å². The van der Waals surface area contributed by atoms with Crippen LogP contribution >= 0.6 is 23.2 Å². The fourth-order valence-electron chi connectivity index (χ4n) is 1.46. The van der Waals surface area contributed by atoms with E-state index in [9.17, 15) is 0 Å². The first-order valence-electron chi connectivity index (χ1n) is 4.03. The zero-order valence-corrected chi connectivity index (χ0v) is 8.92. The fraction of sp³-hybridized carbons (Fsp3) is 0.200. The molecule has 68 valence electrons. The predicted octanol–water partition coefficient (Wildman–Crippen LogP) is 4.09. The van der Waals surface area contributed by atoms with E-state index in [0.717, 1.165) is 16.6 Å². The van der Waals surface area contributed by atoms with Gasteiger partial charge in [-0.25, -0.2) is 0 Å². The van der Waals surface area contributed by atoms with Crippen molar-refractivity contribution in [1.82, 2.24) is 4.98 Å². The molecular weight excluding hydrogens is 205 g/mol. The molecule has 0 aliphatic carbocycles. The van der Waals surface area contributed by atoms with Gasteiger partial charge in [0.05, 0.1) is 10.0 Å². The summed E-state index contributed by atoms with van der Waals surface area (Å²) in [6.07, 6.45) is 0. The molecule has 0 bridgehead atoms. The summed E-state index contributed by atoms with van der Waals surface area (Å²) in [5.74, 6) is 0. The molecule has 0 radical (unpaired) electrons. The molecule has 1 aromatic heterocycles. The summed E-state index contributed by atoms with van der Waals surface area (Å²) in [6.45, 7) is 4.11. The molecule has 13 heavy (non-hydrogen) atoms. The van der Waals surface area contributed by atoms with Crippen molar-refractivity contribution in [2.24, 2.45) is 0 Å². The Morgan fingerprint density at radius 2 is 1.69 bits per heavy atom. The first kappa shape index (κ1) is 8.92. The lowest BCUT2D eigenvalue weighted by Crippen LogP contribution is -1.72. The summed E-state index contributed by atoms with van der Waals surface area (Å²) >= 11 is 11.8. The van der Waals surface area contributed by atoms with Crippen LogP contribution in [0.5, 0.6) is 0 Å². The second-order valence-electron chi connectivity index (χ2n) is 3.19. The Labute approximate surface area is 86.7 Å². The minimum absolute atomic E-state index is 0.593. The quantitative estimate of drug-likeness (QED) is 0.679. The molecule has 1 nitrogen and oxygen atoms in total. The first-order chi connectivity index (χ1) is 6.09. The molecular formula is C10H9Cl2N. The highest BCUT2D eigenvalue weighted by Gasteiger charge is 2.06. The van der Waals surface area contributed by atoms with E-state index in [4.69, 9.17) is 23.2 Å². The molecule has 0 aliphatic rings. The van der Waals surface area contributed by atoms with Crippen LogP contribution < -0.4 is 0 Å². The summed E-state index contributed by atoms with van der Waals surface area (Å²) in [5, 5.41) is 2.35. The second-order valence-corrected chi connectivity index (χ2v) is 4.00. The molecule has 0 spiro atoms. The molecule has 1 heterocycles. The summed E-state index contributed by atoms with van der Waals surface area (Å²) in [7, 11) is 0. The molecule has 0 unspecified atom stereocenters. The molecule has 0 atom stereocenters. The van der Waals surface area contributed by atoms with E-state index < -0.39 is 0 Å². The Hall–Kier alpha value is -0.660. The van der Waals surface area contributed by atoms with Crippen LogP contribution in [0.2, 0.25) is 10.0 Å². The largest absolute Gasteiger partial charge is 0.358 e. The SMILES string of the molecule is Cc1[nH]c2cc(Cl)c(Cl)cc2c1C. The molecule has 0 aliphatic heterocycles. The zero-order chi connectivity index (χ0) is 9.59. The topological polar surface area (TPSA) is 15.8 Å². The molecule has 2 aromatic rings. The van der Waals surface area contributed by atoms with Gasteiger partial charge in [-0.15, -0.1) is 0 Å². The Morgan fingerprint density at radius 3 is 2.38 bits per heavy atom. The number of hydrogen-bond donors (Lipinski definition) is 1. The minimum atomic E-state index is 0.593. The second kappa shape index (κ2) is 2.93. The van der Waals surface area contributed by atoms with Crippen LogP contribution in [0.1, 0.15) is 11.3 Å². The Balaban J connectivity index is 2.89. The van der Waals surface area contributed by atoms with Gasteiger partial charge in [-0.05, 0) is 31.5 Å². The van der Waals surface area contributed by atoms with E-state index in [1.54, 1.807) is 0 Å². The van der Waals surface area contributed by atoms with Crippen LogP contribution in [0.4, 0.5) is 0 Å². The van der Waals surface area contributed by atoms with Crippen LogP contribution in [-0.2, 0) is 0 Å². The molecule has 0 amide bonds. The van der Waals surface area contributed by atoms with Gasteiger partial charge in [0.1, 0.15) is 0 Å². The van der Waals surface area contributed by atoms with E-state index >= 15 is 0 Å². The molecule has 2 rings (SSSR count). The van der Waals surface area contributed by atoms with E-state index in [1.807, 2.05) is 19.1 Å².